The molecule has 0 bridgehead atoms. The summed E-state index contributed by atoms with van der Waals surface area (Å²) in [6.45, 7) is 5.93. The van der Waals surface area contributed by atoms with Crippen molar-refractivity contribution in [2.45, 2.75) is 26.3 Å². The van der Waals surface area contributed by atoms with E-state index in [1.165, 1.54) is 13.0 Å². The Morgan fingerprint density at radius 3 is 2.44 bits per heavy atom. The fourth-order valence-corrected chi connectivity index (χ4v) is 2.11. The van der Waals surface area contributed by atoms with E-state index >= 15 is 0 Å². The van der Waals surface area contributed by atoms with Crippen LogP contribution in [0, 0.1) is 17.8 Å². The zero-order chi connectivity index (χ0) is 6.43. The van der Waals surface area contributed by atoms with Crippen LogP contribution >= 0.6 is 0 Å². The van der Waals surface area contributed by atoms with Gasteiger partial charge in [-0.25, -0.2) is 0 Å². The molecular formula is C8H15N. The van der Waals surface area contributed by atoms with E-state index in [4.69, 9.17) is 0 Å². The van der Waals surface area contributed by atoms with Crippen molar-refractivity contribution in [3.63, 3.8) is 0 Å². The molecule has 0 aromatic heterocycles. The summed E-state index contributed by atoms with van der Waals surface area (Å²) in [6, 6.07) is 0.856. The van der Waals surface area contributed by atoms with Crippen LogP contribution in [0.4, 0.5) is 0 Å². The molecule has 1 heterocycles. The second-order valence-electron chi connectivity index (χ2n) is 3.84. The van der Waals surface area contributed by atoms with Gasteiger partial charge in [0.25, 0.3) is 0 Å². The first-order valence-electron chi connectivity index (χ1n) is 4.02. The van der Waals surface area contributed by atoms with Crippen molar-refractivity contribution in [3.05, 3.63) is 0 Å². The molecule has 2 unspecified atom stereocenters. The molecule has 52 valence electrons. The highest BCUT2D eigenvalue weighted by molar-refractivity contribution is 5.03. The van der Waals surface area contributed by atoms with Crippen LogP contribution in [-0.2, 0) is 0 Å². The minimum absolute atomic E-state index is 0.850. The minimum atomic E-state index is 0.850. The summed E-state index contributed by atoms with van der Waals surface area (Å²) in [6.07, 6.45) is 1.51. The van der Waals surface area contributed by atoms with Gasteiger partial charge in [0.1, 0.15) is 0 Å². The average molecular weight is 125 g/mol. The van der Waals surface area contributed by atoms with Crippen LogP contribution in [0.5, 0.6) is 0 Å². The maximum atomic E-state index is 3.56. The number of hydrogen-bond donors (Lipinski definition) is 1. The Morgan fingerprint density at radius 1 is 1.44 bits per heavy atom. The summed E-state index contributed by atoms with van der Waals surface area (Å²) in [7, 11) is 0. The Kier molecular flexibility index (Phi) is 1.10. The molecule has 1 saturated carbocycles. The maximum Gasteiger partial charge on any atom is 0.0122 e. The normalized spacial score (nSPS) is 47.7. The lowest BCUT2D eigenvalue weighted by Crippen LogP contribution is -2.31. The van der Waals surface area contributed by atoms with Gasteiger partial charge in [-0.3, -0.25) is 0 Å². The van der Waals surface area contributed by atoms with Crippen molar-refractivity contribution < 1.29 is 0 Å². The molecule has 0 aromatic rings. The van der Waals surface area contributed by atoms with Crippen molar-refractivity contribution in [3.8, 4) is 0 Å². The Hall–Kier alpha value is -0.0400. The second kappa shape index (κ2) is 1.72. The van der Waals surface area contributed by atoms with Gasteiger partial charge >= 0.3 is 0 Å². The van der Waals surface area contributed by atoms with Gasteiger partial charge in [-0.2, -0.15) is 0 Å². The van der Waals surface area contributed by atoms with Gasteiger partial charge in [-0.1, -0.05) is 13.8 Å². The fraction of sp³-hybridized carbons (Fsp3) is 1.00. The number of fused-ring (bicyclic) bond motifs is 1. The van der Waals surface area contributed by atoms with Crippen molar-refractivity contribution in [2.75, 3.05) is 6.54 Å². The van der Waals surface area contributed by atoms with E-state index in [0.29, 0.717) is 0 Å². The SMILES string of the molecule is CC(C)[C@H]1NCC2CC21. The molecule has 1 N–H and O–H groups in total. The quantitative estimate of drug-likeness (QED) is 0.556. The third kappa shape index (κ3) is 0.787. The van der Waals surface area contributed by atoms with Crippen molar-refractivity contribution in [1.29, 1.82) is 0 Å². The zero-order valence-corrected chi connectivity index (χ0v) is 6.22. The predicted molar refractivity (Wildman–Crippen MR) is 38.2 cm³/mol. The maximum absolute atomic E-state index is 3.56. The summed E-state index contributed by atoms with van der Waals surface area (Å²) in [5.74, 6) is 2.98. The molecule has 1 aliphatic carbocycles. The van der Waals surface area contributed by atoms with E-state index in [1.54, 1.807) is 0 Å². The van der Waals surface area contributed by atoms with E-state index < -0.39 is 0 Å². The summed E-state index contributed by atoms with van der Waals surface area (Å²) in [5, 5.41) is 3.56. The molecule has 0 radical (unpaired) electrons. The molecule has 2 rings (SSSR count). The highest BCUT2D eigenvalue weighted by Gasteiger charge is 2.48. The van der Waals surface area contributed by atoms with Crippen LogP contribution in [0.15, 0.2) is 0 Å². The molecule has 0 spiro atoms. The first-order valence-corrected chi connectivity index (χ1v) is 4.02. The van der Waals surface area contributed by atoms with Crippen LogP contribution < -0.4 is 5.32 Å². The Labute approximate surface area is 56.8 Å². The lowest BCUT2D eigenvalue weighted by atomic mass is 10.0. The van der Waals surface area contributed by atoms with E-state index in [9.17, 15) is 0 Å². The predicted octanol–water partition coefficient (Wildman–Crippen LogP) is 1.25. The number of rotatable bonds is 1. The smallest absolute Gasteiger partial charge is 0.0122 e. The molecule has 1 aliphatic heterocycles. The Balaban J connectivity index is 1.98. The van der Waals surface area contributed by atoms with Crippen molar-refractivity contribution in [1.82, 2.24) is 5.32 Å². The van der Waals surface area contributed by atoms with Crippen LogP contribution in [-0.4, -0.2) is 12.6 Å². The van der Waals surface area contributed by atoms with E-state index in [1.807, 2.05) is 0 Å². The molecule has 0 amide bonds. The summed E-state index contributed by atoms with van der Waals surface area (Å²) in [4.78, 5) is 0. The average Bonchev–Trinajstić information content (AvgIpc) is 2.43. The van der Waals surface area contributed by atoms with Crippen LogP contribution in [0.25, 0.3) is 0 Å². The highest BCUT2D eigenvalue weighted by atomic mass is 15.0. The number of hydrogen-bond acceptors (Lipinski definition) is 1. The van der Waals surface area contributed by atoms with Gasteiger partial charge in [0, 0.05) is 6.04 Å². The molecule has 1 saturated heterocycles. The zero-order valence-electron chi connectivity index (χ0n) is 6.22. The summed E-state index contributed by atoms with van der Waals surface area (Å²) in [5.41, 5.74) is 0. The Morgan fingerprint density at radius 2 is 2.22 bits per heavy atom. The molecule has 9 heavy (non-hydrogen) atoms. The van der Waals surface area contributed by atoms with Gasteiger partial charge in [0.15, 0.2) is 0 Å². The molecule has 2 fully saturated rings. The first kappa shape index (κ1) is 5.72. The third-order valence-corrected chi connectivity index (χ3v) is 2.77. The summed E-state index contributed by atoms with van der Waals surface area (Å²) < 4.78 is 0. The van der Waals surface area contributed by atoms with E-state index in [-0.39, 0.29) is 0 Å². The third-order valence-electron chi connectivity index (χ3n) is 2.77. The largest absolute Gasteiger partial charge is 0.313 e. The van der Waals surface area contributed by atoms with Gasteiger partial charge in [-0.05, 0) is 30.7 Å². The van der Waals surface area contributed by atoms with Gasteiger partial charge in [0.05, 0.1) is 0 Å². The van der Waals surface area contributed by atoms with Crippen molar-refractivity contribution in [2.24, 2.45) is 17.8 Å². The second-order valence-corrected chi connectivity index (χ2v) is 3.84. The van der Waals surface area contributed by atoms with E-state index in [0.717, 1.165) is 23.8 Å². The van der Waals surface area contributed by atoms with Crippen LogP contribution in [0.1, 0.15) is 20.3 Å². The molecule has 1 nitrogen and oxygen atoms in total. The fourth-order valence-electron chi connectivity index (χ4n) is 2.11. The molecule has 1 heteroatoms. The number of nitrogens with one attached hydrogen (secondary N) is 1. The Bertz CT molecular complexity index is 120. The molecule has 2 aliphatic rings. The molecule has 0 aromatic carbocycles. The van der Waals surface area contributed by atoms with Gasteiger partial charge < -0.3 is 5.32 Å². The lowest BCUT2D eigenvalue weighted by Gasteiger charge is -2.16. The molecule has 3 atom stereocenters. The first-order chi connectivity index (χ1) is 4.29. The standard InChI is InChI=1S/C8H15N/c1-5(2)8-7-3-6(7)4-9-8/h5-9H,3-4H2,1-2H3/t6?,7?,8-/m1/s1. The lowest BCUT2D eigenvalue weighted by molar-refractivity contribution is 0.408. The van der Waals surface area contributed by atoms with Crippen LogP contribution in [0.3, 0.4) is 0 Å². The minimum Gasteiger partial charge on any atom is -0.313 e. The van der Waals surface area contributed by atoms with Gasteiger partial charge in [0.2, 0.25) is 0 Å². The molecular weight excluding hydrogens is 110 g/mol. The summed E-state index contributed by atoms with van der Waals surface area (Å²) >= 11 is 0. The topological polar surface area (TPSA) is 12.0 Å². The van der Waals surface area contributed by atoms with Gasteiger partial charge in [-0.15, -0.1) is 0 Å². The number of piperidine rings is 1. The monoisotopic (exact) mass is 125 g/mol. The van der Waals surface area contributed by atoms with Crippen LogP contribution in [0.2, 0.25) is 0 Å². The van der Waals surface area contributed by atoms with E-state index in [2.05, 4.69) is 19.2 Å². The highest BCUT2D eigenvalue weighted by Crippen LogP contribution is 2.46. The van der Waals surface area contributed by atoms with Crippen molar-refractivity contribution >= 4 is 0 Å².